The molecule has 0 saturated heterocycles. The molecule has 0 bridgehead atoms. The maximum atomic E-state index is 12.0. The summed E-state index contributed by atoms with van der Waals surface area (Å²) in [5, 5.41) is 14.7. The molecule has 1 heterocycles. The number of nitrogens with zero attached hydrogens (tertiary/aromatic N) is 2. The van der Waals surface area contributed by atoms with Gasteiger partial charge in [-0.25, -0.2) is 4.98 Å². The number of amides is 1. The summed E-state index contributed by atoms with van der Waals surface area (Å²) >= 11 is 5.97. The number of hydrogen-bond donors (Lipinski definition) is 3. The van der Waals surface area contributed by atoms with Gasteiger partial charge in [0, 0.05) is 18.1 Å². The third-order valence-corrected chi connectivity index (χ3v) is 2.95. The van der Waals surface area contributed by atoms with Crippen molar-refractivity contribution in [2.24, 2.45) is 0 Å². The molecule has 7 heteroatoms. The largest absolute Gasteiger partial charge is 0.399 e. The molecule has 0 aliphatic carbocycles. The van der Waals surface area contributed by atoms with Crippen molar-refractivity contribution < 1.29 is 4.79 Å². The van der Waals surface area contributed by atoms with Crippen LogP contribution in [0.2, 0.25) is 5.02 Å². The molecule has 1 amide bonds. The van der Waals surface area contributed by atoms with Gasteiger partial charge in [-0.15, -0.1) is 0 Å². The SMILES string of the molecule is N#C/C(=C/Nc1ccccn1)C(=O)Nc1ccc(N)cc1Cl. The zero-order chi connectivity index (χ0) is 15.9. The van der Waals surface area contributed by atoms with Crippen molar-refractivity contribution in [3.8, 4) is 6.07 Å². The van der Waals surface area contributed by atoms with Crippen LogP contribution in [0.25, 0.3) is 0 Å². The molecule has 0 radical (unpaired) electrons. The van der Waals surface area contributed by atoms with Crippen LogP contribution in [0.4, 0.5) is 17.2 Å². The first-order valence-electron chi connectivity index (χ1n) is 6.24. The van der Waals surface area contributed by atoms with Crippen LogP contribution in [0.1, 0.15) is 0 Å². The van der Waals surface area contributed by atoms with E-state index in [0.29, 0.717) is 22.2 Å². The Balaban J connectivity index is 2.10. The number of aromatic nitrogens is 1. The summed E-state index contributed by atoms with van der Waals surface area (Å²) in [6.07, 6.45) is 2.87. The standard InChI is InChI=1S/C15H12ClN5O/c16-12-7-11(18)4-5-13(12)21-15(22)10(8-17)9-20-14-3-1-2-6-19-14/h1-7,9H,18H2,(H,19,20)(H,21,22)/b10-9-. The van der Waals surface area contributed by atoms with Gasteiger partial charge in [-0.05, 0) is 30.3 Å². The van der Waals surface area contributed by atoms with Crippen molar-refractivity contribution >= 4 is 34.7 Å². The molecular weight excluding hydrogens is 302 g/mol. The van der Waals surface area contributed by atoms with Gasteiger partial charge >= 0.3 is 0 Å². The lowest BCUT2D eigenvalue weighted by atomic mass is 10.2. The van der Waals surface area contributed by atoms with E-state index in [1.807, 2.05) is 6.07 Å². The number of anilines is 3. The topological polar surface area (TPSA) is 104 Å². The Morgan fingerprint density at radius 2 is 2.18 bits per heavy atom. The molecule has 4 N–H and O–H groups in total. The van der Waals surface area contributed by atoms with Crippen LogP contribution in [0.5, 0.6) is 0 Å². The molecular formula is C15H12ClN5O. The fourth-order valence-corrected chi connectivity index (χ4v) is 1.80. The maximum Gasteiger partial charge on any atom is 0.267 e. The van der Waals surface area contributed by atoms with Crippen molar-refractivity contribution in [1.29, 1.82) is 5.26 Å². The number of pyridine rings is 1. The number of hydrogen-bond acceptors (Lipinski definition) is 5. The second-order valence-electron chi connectivity index (χ2n) is 4.22. The van der Waals surface area contributed by atoms with Crippen molar-refractivity contribution in [1.82, 2.24) is 4.98 Å². The first-order chi connectivity index (χ1) is 10.6. The molecule has 1 aromatic carbocycles. The Hall–Kier alpha value is -3.04. The van der Waals surface area contributed by atoms with Gasteiger partial charge in [0.15, 0.2) is 0 Å². The molecule has 22 heavy (non-hydrogen) atoms. The minimum Gasteiger partial charge on any atom is -0.399 e. The van der Waals surface area contributed by atoms with E-state index in [1.165, 1.54) is 12.3 Å². The number of carbonyl (C=O) groups is 1. The third-order valence-electron chi connectivity index (χ3n) is 2.64. The number of nitrogens with one attached hydrogen (secondary N) is 2. The molecule has 0 aliphatic rings. The molecule has 0 atom stereocenters. The monoisotopic (exact) mass is 313 g/mol. The molecule has 0 saturated carbocycles. The van der Waals surface area contributed by atoms with Gasteiger partial charge in [0.1, 0.15) is 17.5 Å². The maximum absolute atomic E-state index is 12.0. The van der Waals surface area contributed by atoms with Crippen molar-refractivity contribution in [2.75, 3.05) is 16.4 Å². The lowest BCUT2D eigenvalue weighted by Gasteiger charge is -2.07. The number of nitrogen functional groups attached to an aromatic ring is 1. The molecule has 1 aromatic heterocycles. The number of carbonyl (C=O) groups excluding carboxylic acids is 1. The average molecular weight is 314 g/mol. The van der Waals surface area contributed by atoms with Crippen molar-refractivity contribution in [3.63, 3.8) is 0 Å². The fraction of sp³-hybridized carbons (Fsp3) is 0. The van der Waals surface area contributed by atoms with Crippen LogP contribution in [-0.2, 0) is 4.79 Å². The lowest BCUT2D eigenvalue weighted by molar-refractivity contribution is -0.112. The molecule has 0 aliphatic heterocycles. The van der Waals surface area contributed by atoms with E-state index in [9.17, 15) is 4.79 Å². The Morgan fingerprint density at radius 3 is 2.82 bits per heavy atom. The summed E-state index contributed by atoms with van der Waals surface area (Å²) < 4.78 is 0. The Morgan fingerprint density at radius 1 is 1.36 bits per heavy atom. The third kappa shape index (κ3) is 3.98. The summed E-state index contributed by atoms with van der Waals surface area (Å²) in [7, 11) is 0. The van der Waals surface area contributed by atoms with Gasteiger partial charge < -0.3 is 16.4 Å². The van der Waals surface area contributed by atoms with Gasteiger partial charge in [-0.2, -0.15) is 5.26 Å². The molecule has 110 valence electrons. The minimum atomic E-state index is -0.586. The summed E-state index contributed by atoms with van der Waals surface area (Å²) in [5.41, 5.74) is 6.32. The zero-order valence-corrected chi connectivity index (χ0v) is 12.1. The normalized spacial score (nSPS) is 10.6. The zero-order valence-electron chi connectivity index (χ0n) is 11.4. The quantitative estimate of drug-likeness (QED) is 0.457. The molecule has 0 fully saturated rings. The Kier molecular flexibility index (Phi) is 4.96. The van der Waals surface area contributed by atoms with E-state index in [-0.39, 0.29) is 5.57 Å². The van der Waals surface area contributed by atoms with Crippen molar-refractivity contribution in [3.05, 3.63) is 59.4 Å². The van der Waals surface area contributed by atoms with Crippen LogP contribution in [-0.4, -0.2) is 10.9 Å². The minimum absolute atomic E-state index is 0.112. The van der Waals surface area contributed by atoms with E-state index in [2.05, 4.69) is 15.6 Å². The van der Waals surface area contributed by atoms with Gasteiger partial charge in [0.2, 0.25) is 0 Å². The van der Waals surface area contributed by atoms with Crippen LogP contribution in [0.3, 0.4) is 0 Å². The van der Waals surface area contributed by atoms with Crippen LogP contribution in [0.15, 0.2) is 54.4 Å². The highest BCUT2D eigenvalue weighted by Gasteiger charge is 2.11. The van der Waals surface area contributed by atoms with E-state index in [0.717, 1.165) is 0 Å². The molecule has 2 rings (SSSR count). The molecule has 6 nitrogen and oxygen atoms in total. The fourth-order valence-electron chi connectivity index (χ4n) is 1.57. The van der Waals surface area contributed by atoms with Crippen molar-refractivity contribution in [2.45, 2.75) is 0 Å². The van der Waals surface area contributed by atoms with Crippen LogP contribution in [0, 0.1) is 11.3 Å². The van der Waals surface area contributed by atoms with Gasteiger partial charge in [-0.3, -0.25) is 4.79 Å². The number of nitriles is 1. The summed E-state index contributed by atoms with van der Waals surface area (Å²) in [6.45, 7) is 0. The van der Waals surface area contributed by atoms with Gasteiger partial charge in [-0.1, -0.05) is 17.7 Å². The highest BCUT2D eigenvalue weighted by atomic mass is 35.5. The number of nitrogens with two attached hydrogens (primary N) is 1. The average Bonchev–Trinajstić information content (AvgIpc) is 2.52. The predicted octanol–water partition coefficient (Wildman–Crippen LogP) is 2.78. The number of rotatable bonds is 4. The highest BCUT2D eigenvalue weighted by molar-refractivity contribution is 6.34. The smallest absolute Gasteiger partial charge is 0.267 e. The highest BCUT2D eigenvalue weighted by Crippen LogP contribution is 2.24. The molecule has 0 unspecified atom stereocenters. The summed E-state index contributed by atoms with van der Waals surface area (Å²) in [5.74, 6) is -0.0637. The molecule has 2 aromatic rings. The van der Waals surface area contributed by atoms with Gasteiger partial charge in [0.25, 0.3) is 5.91 Å². The van der Waals surface area contributed by atoms with Crippen LogP contribution < -0.4 is 16.4 Å². The first-order valence-corrected chi connectivity index (χ1v) is 6.62. The summed E-state index contributed by atoms with van der Waals surface area (Å²) in [4.78, 5) is 16.1. The van der Waals surface area contributed by atoms with E-state index >= 15 is 0 Å². The van der Waals surface area contributed by atoms with E-state index < -0.39 is 5.91 Å². The van der Waals surface area contributed by atoms with Crippen LogP contribution >= 0.6 is 11.6 Å². The van der Waals surface area contributed by atoms with Gasteiger partial charge in [0.05, 0.1) is 10.7 Å². The molecule has 0 spiro atoms. The summed E-state index contributed by atoms with van der Waals surface area (Å²) in [6, 6.07) is 11.7. The second kappa shape index (κ2) is 7.11. The van der Waals surface area contributed by atoms with E-state index in [1.54, 1.807) is 36.5 Å². The predicted molar refractivity (Wildman–Crippen MR) is 86.0 cm³/mol. The first kappa shape index (κ1) is 15.4. The Labute approximate surface area is 132 Å². The lowest BCUT2D eigenvalue weighted by Crippen LogP contribution is -2.15. The van der Waals surface area contributed by atoms with E-state index in [4.69, 9.17) is 22.6 Å². The number of halogens is 1. The second-order valence-corrected chi connectivity index (χ2v) is 4.63. The Bertz CT molecular complexity index is 752. The number of benzene rings is 1.